The van der Waals surface area contributed by atoms with Gasteiger partial charge in [0.05, 0.1) is 0 Å². The molecule has 1 aliphatic heterocycles. The molecule has 1 heterocycles. The number of nitrogens with zero attached hydrogens (tertiary/aromatic N) is 1. The van der Waals surface area contributed by atoms with Gasteiger partial charge in [0.1, 0.15) is 0 Å². The van der Waals surface area contributed by atoms with Gasteiger partial charge in [-0.3, -0.25) is 4.79 Å². The summed E-state index contributed by atoms with van der Waals surface area (Å²) in [5.41, 5.74) is 0.153. The van der Waals surface area contributed by atoms with Crippen LogP contribution in [0.3, 0.4) is 0 Å². The number of carbonyl (C=O) groups is 1. The monoisotopic (exact) mass is 210 g/mol. The minimum Gasteiger partial charge on any atom is -0.337 e. The number of nitrogens with one attached hydrogen (secondary N) is 1. The van der Waals surface area contributed by atoms with E-state index in [2.05, 4.69) is 31.0 Å². The molecule has 1 amide bonds. The Morgan fingerprint density at radius 3 is 2.60 bits per heavy atom. The topological polar surface area (TPSA) is 32.3 Å². The third-order valence-corrected chi connectivity index (χ3v) is 3.67. The highest BCUT2D eigenvalue weighted by Crippen LogP contribution is 2.39. The van der Waals surface area contributed by atoms with Crippen LogP contribution in [0.2, 0.25) is 0 Å². The van der Waals surface area contributed by atoms with Gasteiger partial charge in [0.2, 0.25) is 5.91 Å². The van der Waals surface area contributed by atoms with Gasteiger partial charge in [-0.05, 0) is 26.2 Å². The van der Waals surface area contributed by atoms with E-state index in [9.17, 15) is 4.79 Å². The lowest BCUT2D eigenvalue weighted by molar-refractivity contribution is -0.136. The van der Waals surface area contributed by atoms with Gasteiger partial charge in [0.15, 0.2) is 0 Å². The SMILES string of the molecule is CC(C)NC1CC(C)(N2CCCC2=O)C1. The zero-order chi connectivity index (χ0) is 11.1. The Morgan fingerprint density at radius 2 is 2.13 bits per heavy atom. The lowest BCUT2D eigenvalue weighted by Gasteiger charge is -2.51. The second-order valence-electron chi connectivity index (χ2n) is 5.57. The van der Waals surface area contributed by atoms with E-state index in [4.69, 9.17) is 0 Å². The number of hydrogen-bond acceptors (Lipinski definition) is 2. The molecule has 2 fully saturated rings. The van der Waals surface area contributed by atoms with Gasteiger partial charge in [0, 0.05) is 30.6 Å². The molecule has 1 N–H and O–H groups in total. The second-order valence-corrected chi connectivity index (χ2v) is 5.57. The first kappa shape index (κ1) is 10.9. The van der Waals surface area contributed by atoms with Crippen molar-refractivity contribution in [3.63, 3.8) is 0 Å². The number of likely N-dealkylation sites (tertiary alicyclic amines) is 1. The molecule has 0 unspecified atom stereocenters. The summed E-state index contributed by atoms with van der Waals surface area (Å²) in [4.78, 5) is 13.8. The van der Waals surface area contributed by atoms with E-state index in [1.165, 1.54) is 0 Å². The number of carbonyl (C=O) groups excluding carboxylic acids is 1. The Morgan fingerprint density at radius 1 is 1.47 bits per heavy atom. The van der Waals surface area contributed by atoms with Gasteiger partial charge < -0.3 is 10.2 Å². The summed E-state index contributed by atoms with van der Waals surface area (Å²) in [6, 6.07) is 1.16. The van der Waals surface area contributed by atoms with Gasteiger partial charge in [-0.2, -0.15) is 0 Å². The standard InChI is InChI=1S/C12H22N2O/c1-9(2)13-10-7-12(3,8-10)14-6-4-5-11(14)15/h9-10,13H,4-8H2,1-3H3. The number of rotatable bonds is 3. The van der Waals surface area contributed by atoms with Crippen molar-refractivity contribution in [2.24, 2.45) is 0 Å². The predicted molar refractivity (Wildman–Crippen MR) is 60.6 cm³/mol. The molecule has 1 saturated carbocycles. The van der Waals surface area contributed by atoms with Crippen LogP contribution in [0.1, 0.15) is 46.5 Å². The molecule has 3 heteroatoms. The highest BCUT2D eigenvalue weighted by molar-refractivity contribution is 5.79. The van der Waals surface area contributed by atoms with Crippen LogP contribution in [0.25, 0.3) is 0 Å². The third kappa shape index (κ3) is 2.03. The molecule has 1 aliphatic carbocycles. The fraction of sp³-hybridized carbons (Fsp3) is 0.917. The van der Waals surface area contributed by atoms with Crippen molar-refractivity contribution in [3.8, 4) is 0 Å². The highest BCUT2D eigenvalue weighted by Gasteiger charge is 2.47. The van der Waals surface area contributed by atoms with E-state index in [0.717, 1.165) is 32.2 Å². The first-order chi connectivity index (χ1) is 7.01. The fourth-order valence-corrected chi connectivity index (χ4v) is 3.03. The smallest absolute Gasteiger partial charge is 0.223 e. The Kier molecular flexibility index (Phi) is 2.75. The minimum absolute atomic E-state index is 0.153. The average Bonchev–Trinajstić information content (AvgIpc) is 2.47. The molecule has 1 saturated heterocycles. The van der Waals surface area contributed by atoms with Gasteiger partial charge in [-0.1, -0.05) is 13.8 Å². The van der Waals surface area contributed by atoms with Crippen molar-refractivity contribution in [2.75, 3.05) is 6.54 Å². The van der Waals surface area contributed by atoms with Gasteiger partial charge in [-0.15, -0.1) is 0 Å². The van der Waals surface area contributed by atoms with Crippen molar-refractivity contribution >= 4 is 5.91 Å². The maximum absolute atomic E-state index is 11.6. The van der Waals surface area contributed by atoms with Crippen LogP contribution in [-0.2, 0) is 4.79 Å². The lowest BCUT2D eigenvalue weighted by atomic mass is 9.72. The molecule has 0 aromatic rings. The van der Waals surface area contributed by atoms with Crippen molar-refractivity contribution in [1.82, 2.24) is 10.2 Å². The van der Waals surface area contributed by atoms with Crippen molar-refractivity contribution in [3.05, 3.63) is 0 Å². The predicted octanol–water partition coefficient (Wildman–Crippen LogP) is 1.53. The quantitative estimate of drug-likeness (QED) is 0.766. The highest BCUT2D eigenvalue weighted by atomic mass is 16.2. The van der Waals surface area contributed by atoms with E-state index in [0.29, 0.717) is 18.0 Å². The summed E-state index contributed by atoms with van der Waals surface area (Å²) in [7, 11) is 0. The summed E-state index contributed by atoms with van der Waals surface area (Å²) in [6.45, 7) is 7.56. The van der Waals surface area contributed by atoms with Crippen LogP contribution in [0.4, 0.5) is 0 Å². The molecule has 0 radical (unpaired) electrons. The molecular weight excluding hydrogens is 188 g/mol. The minimum atomic E-state index is 0.153. The Labute approximate surface area is 92.2 Å². The van der Waals surface area contributed by atoms with Crippen LogP contribution in [-0.4, -0.2) is 35.0 Å². The van der Waals surface area contributed by atoms with E-state index in [-0.39, 0.29) is 5.54 Å². The van der Waals surface area contributed by atoms with Crippen LogP contribution in [0, 0.1) is 0 Å². The van der Waals surface area contributed by atoms with Gasteiger partial charge in [-0.25, -0.2) is 0 Å². The maximum atomic E-state index is 11.6. The maximum Gasteiger partial charge on any atom is 0.223 e. The normalized spacial score (nSPS) is 36.1. The Balaban J connectivity index is 1.87. The number of amides is 1. The van der Waals surface area contributed by atoms with Crippen molar-refractivity contribution < 1.29 is 4.79 Å². The van der Waals surface area contributed by atoms with Crippen LogP contribution < -0.4 is 5.32 Å². The summed E-state index contributed by atoms with van der Waals surface area (Å²) >= 11 is 0. The van der Waals surface area contributed by atoms with Crippen LogP contribution >= 0.6 is 0 Å². The summed E-state index contributed by atoms with van der Waals surface area (Å²) in [5.74, 6) is 0.362. The summed E-state index contributed by atoms with van der Waals surface area (Å²) in [6.07, 6.45) is 4.06. The third-order valence-electron chi connectivity index (χ3n) is 3.67. The molecule has 0 aromatic heterocycles. The molecule has 86 valence electrons. The first-order valence-corrected chi connectivity index (χ1v) is 6.08. The van der Waals surface area contributed by atoms with Crippen LogP contribution in [0.5, 0.6) is 0 Å². The Bertz CT molecular complexity index is 256. The molecule has 15 heavy (non-hydrogen) atoms. The molecule has 2 rings (SSSR count). The molecular formula is C12H22N2O. The molecule has 0 aromatic carbocycles. The second kappa shape index (κ2) is 3.78. The summed E-state index contributed by atoms with van der Waals surface area (Å²) in [5, 5.41) is 3.53. The molecule has 0 atom stereocenters. The van der Waals surface area contributed by atoms with Crippen molar-refractivity contribution in [2.45, 2.75) is 64.1 Å². The zero-order valence-electron chi connectivity index (χ0n) is 10.0. The van der Waals surface area contributed by atoms with Crippen LogP contribution in [0.15, 0.2) is 0 Å². The van der Waals surface area contributed by atoms with Crippen molar-refractivity contribution in [1.29, 1.82) is 0 Å². The molecule has 2 aliphatic rings. The number of hydrogen-bond donors (Lipinski definition) is 1. The average molecular weight is 210 g/mol. The summed E-state index contributed by atoms with van der Waals surface area (Å²) < 4.78 is 0. The van der Waals surface area contributed by atoms with E-state index >= 15 is 0 Å². The zero-order valence-corrected chi connectivity index (χ0v) is 10.0. The van der Waals surface area contributed by atoms with Gasteiger partial charge in [0.25, 0.3) is 0 Å². The Hall–Kier alpha value is -0.570. The van der Waals surface area contributed by atoms with E-state index in [1.54, 1.807) is 0 Å². The largest absolute Gasteiger partial charge is 0.337 e. The van der Waals surface area contributed by atoms with E-state index < -0.39 is 0 Å². The molecule has 0 spiro atoms. The van der Waals surface area contributed by atoms with E-state index in [1.807, 2.05) is 0 Å². The first-order valence-electron chi connectivity index (χ1n) is 6.08. The fourth-order valence-electron chi connectivity index (χ4n) is 3.03. The molecule has 3 nitrogen and oxygen atoms in total. The van der Waals surface area contributed by atoms with Gasteiger partial charge >= 0.3 is 0 Å². The molecule has 0 bridgehead atoms. The lowest BCUT2D eigenvalue weighted by Crippen LogP contribution is -2.62.